The Kier molecular flexibility index (Phi) is 3.05. The molecule has 0 unspecified atom stereocenters. The maximum Gasteiger partial charge on any atom is 0.249 e. The minimum atomic E-state index is -0.574. The van der Waals surface area contributed by atoms with Crippen LogP contribution in [0, 0.1) is 5.82 Å². The monoisotopic (exact) mass is 230 g/mol. The molecule has 1 amide bonds. The molecule has 1 heterocycles. The predicted octanol–water partition coefficient (Wildman–Crippen LogP) is 1.94. The van der Waals surface area contributed by atoms with Gasteiger partial charge in [0.1, 0.15) is 5.82 Å². The number of rotatable bonds is 2. The lowest BCUT2D eigenvalue weighted by molar-refractivity contribution is 0.1000. The van der Waals surface area contributed by atoms with Crippen molar-refractivity contribution in [2.45, 2.75) is 0 Å². The van der Waals surface area contributed by atoms with Gasteiger partial charge in [0.2, 0.25) is 5.91 Å². The molecule has 1 aromatic rings. The first-order valence-corrected chi connectivity index (χ1v) is 5.07. The van der Waals surface area contributed by atoms with E-state index in [-0.39, 0.29) is 0 Å². The van der Waals surface area contributed by atoms with Crippen molar-refractivity contribution in [3.05, 3.63) is 65.8 Å². The lowest BCUT2D eigenvalue weighted by Gasteiger charge is -2.07. The molecule has 2 rings (SSSR count). The summed E-state index contributed by atoms with van der Waals surface area (Å²) in [5, 5.41) is 2.89. The van der Waals surface area contributed by atoms with Gasteiger partial charge in [0, 0.05) is 18.0 Å². The molecule has 0 radical (unpaired) electrons. The number of amides is 1. The smallest absolute Gasteiger partial charge is 0.249 e. The second-order valence-corrected chi connectivity index (χ2v) is 3.54. The number of allylic oxidation sites excluding steroid dienone is 4. The van der Waals surface area contributed by atoms with Gasteiger partial charge < -0.3 is 11.1 Å². The number of hydrogen-bond acceptors (Lipinski definition) is 2. The third-order valence-electron chi connectivity index (χ3n) is 2.39. The summed E-state index contributed by atoms with van der Waals surface area (Å²) in [7, 11) is 0. The first-order valence-electron chi connectivity index (χ1n) is 5.07. The molecule has 1 aliphatic heterocycles. The number of nitrogens with one attached hydrogen (secondary N) is 1. The van der Waals surface area contributed by atoms with Gasteiger partial charge in [-0.15, -0.1) is 0 Å². The predicted molar refractivity (Wildman–Crippen MR) is 64.3 cm³/mol. The normalized spacial score (nSPS) is 13.8. The average molecular weight is 230 g/mol. The number of benzene rings is 1. The molecule has 0 bridgehead atoms. The summed E-state index contributed by atoms with van der Waals surface area (Å²) in [6.07, 6.45) is 8.72. The van der Waals surface area contributed by atoms with Crippen LogP contribution in [0.2, 0.25) is 0 Å². The summed E-state index contributed by atoms with van der Waals surface area (Å²) in [5.74, 6) is -0.976. The van der Waals surface area contributed by atoms with E-state index >= 15 is 0 Å². The zero-order valence-electron chi connectivity index (χ0n) is 8.98. The van der Waals surface area contributed by atoms with E-state index in [0.29, 0.717) is 11.1 Å². The molecular weight excluding hydrogens is 219 g/mol. The molecule has 1 aliphatic rings. The van der Waals surface area contributed by atoms with Gasteiger partial charge in [-0.2, -0.15) is 0 Å². The second kappa shape index (κ2) is 4.65. The largest absolute Gasteiger partial charge is 0.368 e. The minimum Gasteiger partial charge on any atom is -0.368 e. The van der Waals surface area contributed by atoms with Crippen molar-refractivity contribution in [3.8, 4) is 0 Å². The second-order valence-electron chi connectivity index (χ2n) is 3.54. The molecule has 0 aromatic heterocycles. The molecule has 3 N–H and O–H groups in total. The quantitative estimate of drug-likeness (QED) is 0.815. The Morgan fingerprint density at radius 3 is 2.88 bits per heavy atom. The van der Waals surface area contributed by atoms with Crippen LogP contribution >= 0.6 is 0 Å². The van der Waals surface area contributed by atoms with Gasteiger partial charge in [-0.1, -0.05) is 6.08 Å². The minimum absolute atomic E-state index is 0.303. The molecular formula is C13H11FN2O. The fraction of sp³-hybridized carbons (Fsp3) is 0. The van der Waals surface area contributed by atoms with E-state index in [0.717, 1.165) is 5.57 Å². The van der Waals surface area contributed by atoms with Crippen LogP contribution in [0.4, 0.5) is 4.39 Å². The Labute approximate surface area is 98.1 Å². The summed E-state index contributed by atoms with van der Waals surface area (Å²) in [5.41, 5.74) is 6.78. The third-order valence-corrected chi connectivity index (χ3v) is 2.39. The van der Waals surface area contributed by atoms with Crippen LogP contribution in [-0.2, 0) is 0 Å². The highest BCUT2D eigenvalue weighted by molar-refractivity contribution is 5.99. The van der Waals surface area contributed by atoms with Gasteiger partial charge in [0.15, 0.2) is 0 Å². The van der Waals surface area contributed by atoms with Crippen LogP contribution in [0.15, 0.2) is 48.8 Å². The fourth-order valence-electron chi connectivity index (χ4n) is 1.61. The number of hydrogen-bond donors (Lipinski definition) is 2. The van der Waals surface area contributed by atoms with Crippen LogP contribution < -0.4 is 11.1 Å². The summed E-state index contributed by atoms with van der Waals surface area (Å²) in [6.45, 7) is 0. The van der Waals surface area contributed by atoms with Crippen molar-refractivity contribution in [2.24, 2.45) is 5.73 Å². The Morgan fingerprint density at radius 1 is 1.29 bits per heavy atom. The highest BCUT2D eigenvalue weighted by atomic mass is 19.1. The number of carbonyl (C=O) groups is 1. The molecule has 3 nitrogen and oxygen atoms in total. The molecule has 4 heteroatoms. The van der Waals surface area contributed by atoms with Crippen molar-refractivity contribution >= 4 is 11.5 Å². The van der Waals surface area contributed by atoms with E-state index in [4.69, 9.17) is 5.73 Å². The molecule has 0 fully saturated rings. The summed E-state index contributed by atoms with van der Waals surface area (Å²) < 4.78 is 13.2. The summed E-state index contributed by atoms with van der Waals surface area (Å²) in [4.78, 5) is 11.3. The standard InChI is InChI=1S/C13H11FN2O/c14-10-3-4-11(13(15)17)12(8-10)9-2-1-6-16-7-5-9/h1-8,16H,(H2,15,17). The van der Waals surface area contributed by atoms with E-state index in [9.17, 15) is 9.18 Å². The van der Waals surface area contributed by atoms with E-state index in [1.165, 1.54) is 18.2 Å². The molecule has 1 aromatic carbocycles. The van der Waals surface area contributed by atoms with Crippen molar-refractivity contribution in [1.82, 2.24) is 5.32 Å². The number of primary amides is 1. The van der Waals surface area contributed by atoms with Crippen LogP contribution in [-0.4, -0.2) is 5.91 Å². The van der Waals surface area contributed by atoms with E-state index < -0.39 is 11.7 Å². The summed E-state index contributed by atoms with van der Waals surface area (Å²) in [6, 6.07) is 3.91. The van der Waals surface area contributed by atoms with Gasteiger partial charge in [-0.3, -0.25) is 4.79 Å². The van der Waals surface area contributed by atoms with Crippen molar-refractivity contribution in [1.29, 1.82) is 0 Å². The molecule has 0 saturated heterocycles. The third kappa shape index (κ3) is 2.42. The Hall–Kier alpha value is -2.36. The lowest BCUT2D eigenvalue weighted by atomic mass is 9.98. The van der Waals surface area contributed by atoms with Crippen molar-refractivity contribution in [2.75, 3.05) is 0 Å². The van der Waals surface area contributed by atoms with Gasteiger partial charge in [0.25, 0.3) is 0 Å². The molecule has 0 aliphatic carbocycles. The maximum absolute atomic E-state index is 13.2. The van der Waals surface area contributed by atoms with Gasteiger partial charge in [0.05, 0.1) is 0 Å². The Balaban J connectivity index is 2.56. The Bertz CT molecular complexity index is 544. The van der Waals surface area contributed by atoms with Crippen molar-refractivity contribution in [3.63, 3.8) is 0 Å². The highest BCUT2D eigenvalue weighted by Gasteiger charge is 2.11. The number of carbonyl (C=O) groups excluding carboxylic acids is 1. The summed E-state index contributed by atoms with van der Waals surface area (Å²) >= 11 is 0. The maximum atomic E-state index is 13.2. The number of halogens is 1. The molecule has 0 atom stereocenters. The van der Waals surface area contributed by atoms with E-state index in [2.05, 4.69) is 5.32 Å². The first-order chi connectivity index (χ1) is 8.18. The fourth-order valence-corrected chi connectivity index (χ4v) is 1.61. The average Bonchev–Trinajstić information content (AvgIpc) is 2.56. The molecule has 17 heavy (non-hydrogen) atoms. The van der Waals surface area contributed by atoms with E-state index in [1.54, 1.807) is 30.6 Å². The van der Waals surface area contributed by atoms with E-state index in [1.807, 2.05) is 0 Å². The molecule has 86 valence electrons. The molecule has 0 spiro atoms. The highest BCUT2D eigenvalue weighted by Crippen LogP contribution is 2.22. The van der Waals surface area contributed by atoms with Crippen LogP contribution in [0.1, 0.15) is 15.9 Å². The number of nitrogens with two attached hydrogens (primary N) is 1. The van der Waals surface area contributed by atoms with Gasteiger partial charge in [-0.25, -0.2) is 4.39 Å². The Morgan fingerprint density at radius 2 is 2.12 bits per heavy atom. The lowest BCUT2D eigenvalue weighted by Crippen LogP contribution is -2.13. The zero-order chi connectivity index (χ0) is 12.3. The van der Waals surface area contributed by atoms with Crippen LogP contribution in [0.3, 0.4) is 0 Å². The van der Waals surface area contributed by atoms with Crippen molar-refractivity contribution < 1.29 is 9.18 Å². The SMILES string of the molecule is NC(=O)c1ccc(F)cc1C1=CC=CNC=C1. The van der Waals surface area contributed by atoms with Crippen LogP contribution in [0.25, 0.3) is 5.57 Å². The van der Waals surface area contributed by atoms with Crippen LogP contribution in [0.5, 0.6) is 0 Å². The molecule has 0 saturated carbocycles. The van der Waals surface area contributed by atoms with Gasteiger partial charge in [-0.05, 0) is 41.5 Å². The topological polar surface area (TPSA) is 55.1 Å². The first kappa shape index (κ1) is 11.1. The zero-order valence-corrected chi connectivity index (χ0v) is 8.98. The van der Waals surface area contributed by atoms with Gasteiger partial charge >= 0.3 is 0 Å².